The lowest BCUT2D eigenvalue weighted by atomic mass is 10.0. The number of carbonyl (C=O) groups is 1. The van der Waals surface area contributed by atoms with Crippen LogP contribution in [0, 0.1) is 0 Å². The third-order valence-corrected chi connectivity index (χ3v) is 3.54. The molecule has 0 aromatic heterocycles. The van der Waals surface area contributed by atoms with Crippen molar-refractivity contribution in [2.75, 3.05) is 13.2 Å². The van der Waals surface area contributed by atoms with Crippen LogP contribution in [0.15, 0.2) is 12.1 Å². The fraction of sp³-hybridized carbons (Fsp3) is 0.500. The number of hydrogen-bond acceptors (Lipinski definition) is 4. The van der Waals surface area contributed by atoms with E-state index < -0.39 is 5.97 Å². The first kappa shape index (κ1) is 14.9. The molecule has 1 aromatic carbocycles. The molecule has 1 aromatic rings. The van der Waals surface area contributed by atoms with Crippen LogP contribution >= 0.6 is 11.6 Å². The summed E-state index contributed by atoms with van der Waals surface area (Å²) in [5.41, 5.74) is 6.93. The number of benzene rings is 1. The van der Waals surface area contributed by atoms with Crippen LogP contribution in [0.3, 0.4) is 0 Å². The molecule has 5 nitrogen and oxygen atoms in total. The SMILES string of the molecule is NC(CCCCC(=O)O)c1cc2c(cc1Cl)OCCO2. The Morgan fingerprint density at radius 2 is 1.95 bits per heavy atom. The number of fused-ring (bicyclic) bond motifs is 1. The van der Waals surface area contributed by atoms with Crippen LogP contribution in [-0.2, 0) is 4.79 Å². The molecule has 2 rings (SSSR count). The standard InChI is InChI=1S/C14H18ClNO4/c15-10-8-13-12(19-5-6-20-13)7-9(10)11(16)3-1-2-4-14(17)18/h7-8,11H,1-6,16H2,(H,17,18). The van der Waals surface area contributed by atoms with Gasteiger partial charge in [0.15, 0.2) is 11.5 Å². The van der Waals surface area contributed by atoms with Gasteiger partial charge in [-0.15, -0.1) is 0 Å². The van der Waals surface area contributed by atoms with Gasteiger partial charge in [-0.2, -0.15) is 0 Å². The smallest absolute Gasteiger partial charge is 0.303 e. The summed E-state index contributed by atoms with van der Waals surface area (Å²) in [7, 11) is 0. The van der Waals surface area contributed by atoms with E-state index in [-0.39, 0.29) is 12.5 Å². The van der Waals surface area contributed by atoms with Gasteiger partial charge < -0.3 is 20.3 Å². The van der Waals surface area contributed by atoms with Gasteiger partial charge in [-0.3, -0.25) is 4.79 Å². The number of hydrogen-bond donors (Lipinski definition) is 2. The van der Waals surface area contributed by atoms with Crippen molar-refractivity contribution in [2.45, 2.75) is 31.7 Å². The van der Waals surface area contributed by atoms with Crippen molar-refractivity contribution in [1.82, 2.24) is 0 Å². The molecule has 1 atom stereocenters. The van der Waals surface area contributed by atoms with Crippen molar-refractivity contribution in [3.8, 4) is 11.5 Å². The molecule has 1 unspecified atom stereocenters. The summed E-state index contributed by atoms with van der Waals surface area (Å²) in [6.07, 6.45) is 2.22. The van der Waals surface area contributed by atoms with Crippen molar-refractivity contribution in [1.29, 1.82) is 0 Å². The molecule has 20 heavy (non-hydrogen) atoms. The molecular formula is C14H18ClNO4. The highest BCUT2D eigenvalue weighted by Gasteiger charge is 2.18. The van der Waals surface area contributed by atoms with E-state index in [1.165, 1.54) is 0 Å². The number of nitrogens with two attached hydrogens (primary N) is 1. The average molecular weight is 300 g/mol. The second-order valence-corrected chi connectivity index (χ2v) is 5.17. The topological polar surface area (TPSA) is 81.8 Å². The Morgan fingerprint density at radius 3 is 2.60 bits per heavy atom. The Hall–Kier alpha value is -1.46. The number of rotatable bonds is 6. The lowest BCUT2D eigenvalue weighted by Crippen LogP contribution is -2.17. The molecule has 0 saturated carbocycles. The van der Waals surface area contributed by atoms with E-state index in [4.69, 9.17) is 31.9 Å². The van der Waals surface area contributed by atoms with Crippen molar-refractivity contribution in [3.05, 3.63) is 22.7 Å². The van der Waals surface area contributed by atoms with Crippen LogP contribution in [0.1, 0.15) is 37.3 Å². The van der Waals surface area contributed by atoms with Crippen molar-refractivity contribution in [2.24, 2.45) is 5.73 Å². The molecule has 0 spiro atoms. The molecule has 6 heteroatoms. The molecule has 1 aliphatic heterocycles. The molecule has 0 amide bonds. The minimum atomic E-state index is -0.782. The number of halogens is 1. The fourth-order valence-corrected chi connectivity index (χ4v) is 2.45. The van der Waals surface area contributed by atoms with Gasteiger partial charge in [-0.25, -0.2) is 0 Å². The number of carboxylic acid groups (broad SMARTS) is 1. The summed E-state index contributed by atoms with van der Waals surface area (Å²) in [5, 5.41) is 9.15. The van der Waals surface area contributed by atoms with Crippen molar-refractivity contribution >= 4 is 17.6 Å². The second kappa shape index (κ2) is 6.81. The van der Waals surface area contributed by atoms with Crippen LogP contribution in [0.25, 0.3) is 0 Å². The molecule has 1 heterocycles. The highest BCUT2D eigenvalue weighted by atomic mass is 35.5. The van der Waals surface area contributed by atoms with Gasteiger partial charge in [0.05, 0.1) is 0 Å². The zero-order valence-corrected chi connectivity index (χ0v) is 11.9. The molecule has 0 aliphatic carbocycles. The van der Waals surface area contributed by atoms with E-state index in [0.717, 1.165) is 12.0 Å². The summed E-state index contributed by atoms with van der Waals surface area (Å²) in [6.45, 7) is 1.03. The van der Waals surface area contributed by atoms with Gasteiger partial charge in [0.1, 0.15) is 13.2 Å². The second-order valence-electron chi connectivity index (χ2n) is 4.76. The highest BCUT2D eigenvalue weighted by Crippen LogP contribution is 2.38. The summed E-state index contributed by atoms with van der Waals surface area (Å²) in [4.78, 5) is 10.4. The number of aliphatic carboxylic acids is 1. The minimum Gasteiger partial charge on any atom is -0.486 e. The molecule has 1 aliphatic rings. The predicted molar refractivity (Wildman–Crippen MR) is 75.5 cm³/mol. The number of unbranched alkanes of at least 4 members (excludes halogenated alkanes) is 1. The molecule has 0 saturated heterocycles. The average Bonchev–Trinajstić information content (AvgIpc) is 2.42. The molecule has 3 N–H and O–H groups in total. The van der Waals surface area contributed by atoms with E-state index >= 15 is 0 Å². The largest absolute Gasteiger partial charge is 0.486 e. The normalized spacial score (nSPS) is 14.9. The maximum Gasteiger partial charge on any atom is 0.303 e. The fourth-order valence-electron chi connectivity index (χ4n) is 2.16. The molecule has 0 radical (unpaired) electrons. The van der Waals surface area contributed by atoms with E-state index in [2.05, 4.69) is 0 Å². The van der Waals surface area contributed by atoms with Gasteiger partial charge in [-0.05, 0) is 24.5 Å². The van der Waals surface area contributed by atoms with Crippen molar-refractivity contribution in [3.63, 3.8) is 0 Å². The Kier molecular flexibility index (Phi) is 5.09. The zero-order valence-electron chi connectivity index (χ0n) is 11.1. The van der Waals surface area contributed by atoms with Crippen LogP contribution < -0.4 is 15.2 Å². The Labute approximate surface area is 122 Å². The maximum atomic E-state index is 10.4. The first-order valence-electron chi connectivity index (χ1n) is 6.64. The van der Waals surface area contributed by atoms with Gasteiger partial charge in [0, 0.05) is 23.6 Å². The van der Waals surface area contributed by atoms with Gasteiger partial charge >= 0.3 is 5.97 Å². The summed E-state index contributed by atoms with van der Waals surface area (Å²) >= 11 is 6.21. The Balaban J connectivity index is 1.98. The number of carboxylic acids is 1. The summed E-state index contributed by atoms with van der Waals surface area (Å²) in [6, 6.07) is 3.31. The van der Waals surface area contributed by atoms with E-state index in [0.29, 0.717) is 42.6 Å². The Morgan fingerprint density at radius 1 is 1.30 bits per heavy atom. The predicted octanol–water partition coefficient (Wildman–Crippen LogP) is 2.76. The van der Waals surface area contributed by atoms with Gasteiger partial charge in [-0.1, -0.05) is 18.0 Å². The Bertz CT molecular complexity index is 492. The molecular weight excluding hydrogens is 282 g/mol. The van der Waals surface area contributed by atoms with Crippen molar-refractivity contribution < 1.29 is 19.4 Å². The van der Waals surface area contributed by atoms with Crippen LogP contribution in [-0.4, -0.2) is 24.3 Å². The molecule has 0 bridgehead atoms. The van der Waals surface area contributed by atoms with E-state index in [9.17, 15) is 4.79 Å². The minimum absolute atomic E-state index is 0.168. The van der Waals surface area contributed by atoms with Crippen LogP contribution in [0.5, 0.6) is 11.5 Å². The van der Waals surface area contributed by atoms with Gasteiger partial charge in [0.25, 0.3) is 0 Å². The summed E-state index contributed by atoms with van der Waals surface area (Å²) in [5.74, 6) is 0.524. The lowest BCUT2D eigenvalue weighted by Gasteiger charge is -2.21. The third-order valence-electron chi connectivity index (χ3n) is 3.22. The highest BCUT2D eigenvalue weighted by molar-refractivity contribution is 6.31. The molecule has 0 fully saturated rings. The first-order valence-corrected chi connectivity index (χ1v) is 7.02. The third kappa shape index (κ3) is 3.77. The lowest BCUT2D eigenvalue weighted by molar-refractivity contribution is -0.137. The molecule has 110 valence electrons. The van der Waals surface area contributed by atoms with Gasteiger partial charge in [0.2, 0.25) is 0 Å². The quantitative estimate of drug-likeness (QED) is 0.789. The zero-order chi connectivity index (χ0) is 14.5. The number of ether oxygens (including phenoxy) is 2. The van der Waals surface area contributed by atoms with Crippen LogP contribution in [0.4, 0.5) is 0 Å². The van der Waals surface area contributed by atoms with E-state index in [1.807, 2.05) is 6.07 Å². The maximum absolute atomic E-state index is 10.4. The first-order chi connectivity index (χ1) is 9.58. The summed E-state index contributed by atoms with van der Waals surface area (Å²) < 4.78 is 11.0. The monoisotopic (exact) mass is 299 g/mol. The van der Waals surface area contributed by atoms with Crippen LogP contribution in [0.2, 0.25) is 5.02 Å². The van der Waals surface area contributed by atoms with E-state index in [1.54, 1.807) is 6.07 Å².